The summed E-state index contributed by atoms with van der Waals surface area (Å²) in [6.45, 7) is 0. The molecule has 0 amide bonds. The predicted octanol–water partition coefficient (Wildman–Crippen LogP) is 1.15. The van der Waals surface area contributed by atoms with E-state index in [0.29, 0.717) is 11.0 Å². The third-order valence-corrected chi connectivity index (χ3v) is 1.24. The second-order valence-electron chi connectivity index (χ2n) is 1.72. The minimum absolute atomic E-state index is 0.203. The molecular weight excluding hydrogens is 168 g/mol. The van der Waals surface area contributed by atoms with Gasteiger partial charge in [-0.15, -0.1) is 0 Å². The fourth-order valence-corrected chi connectivity index (χ4v) is 0.739. The molecule has 1 aromatic heterocycles. The van der Waals surface area contributed by atoms with Crippen molar-refractivity contribution < 1.29 is 9.47 Å². The Hall–Kier alpha value is -1.03. The number of aromatic nitrogens is 2. The lowest BCUT2D eigenvalue weighted by atomic mass is 10.6. The lowest BCUT2D eigenvalue weighted by Gasteiger charge is -2.00. The van der Waals surface area contributed by atoms with Crippen LogP contribution in [0.15, 0.2) is 6.07 Å². The van der Waals surface area contributed by atoms with Crippen LogP contribution < -0.4 is 9.47 Å². The average molecular weight is 175 g/mol. The average Bonchev–Trinajstić information content (AvgIpc) is 2.03. The van der Waals surface area contributed by atoms with Crippen LogP contribution in [-0.4, -0.2) is 24.2 Å². The standard InChI is InChI=1S/C6H7ClN2O2/c1-10-5-3-4(7)8-6(9-5)11-2/h3H,1-2H3. The summed E-state index contributed by atoms with van der Waals surface area (Å²) in [5.74, 6) is 0.391. The Balaban J connectivity index is 3.02. The molecule has 60 valence electrons. The fraction of sp³-hybridized carbons (Fsp3) is 0.333. The minimum Gasteiger partial charge on any atom is -0.481 e. The summed E-state index contributed by atoms with van der Waals surface area (Å²) in [7, 11) is 2.96. The van der Waals surface area contributed by atoms with E-state index in [1.165, 1.54) is 20.3 Å². The second-order valence-corrected chi connectivity index (χ2v) is 2.11. The zero-order chi connectivity index (χ0) is 8.27. The van der Waals surface area contributed by atoms with E-state index in [9.17, 15) is 0 Å². The van der Waals surface area contributed by atoms with E-state index in [2.05, 4.69) is 9.97 Å². The van der Waals surface area contributed by atoms with Gasteiger partial charge in [0.25, 0.3) is 0 Å². The highest BCUT2D eigenvalue weighted by Crippen LogP contribution is 2.16. The maximum atomic E-state index is 5.60. The SMILES string of the molecule is COc1cc(Cl)nc(OC)n1. The summed E-state index contributed by atoms with van der Waals surface area (Å²) in [6, 6.07) is 1.71. The molecular formula is C6H7ClN2O2. The van der Waals surface area contributed by atoms with Crippen LogP contribution >= 0.6 is 11.6 Å². The van der Waals surface area contributed by atoms with Crippen LogP contribution in [0, 0.1) is 0 Å². The highest BCUT2D eigenvalue weighted by Gasteiger charge is 2.01. The maximum absolute atomic E-state index is 5.60. The first-order valence-corrected chi connectivity index (χ1v) is 3.26. The van der Waals surface area contributed by atoms with Gasteiger partial charge in [0.05, 0.1) is 14.2 Å². The van der Waals surface area contributed by atoms with Crippen molar-refractivity contribution in [3.63, 3.8) is 0 Å². The van der Waals surface area contributed by atoms with E-state index in [1.54, 1.807) is 0 Å². The Morgan fingerprint density at radius 1 is 1.27 bits per heavy atom. The molecule has 1 rings (SSSR count). The van der Waals surface area contributed by atoms with Gasteiger partial charge < -0.3 is 9.47 Å². The first-order chi connectivity index (χ1) is 5.26. The number of nitrogens with zero attached hydrogens (tertiary/aromatic N) is 2. The Kier molecular flexibility index (Phi) is 2.48. The normalized spacial score (nSPS) is 9.36. The zero-order valence-electron chi connectivity index (χ0n) is 6.17. The van der Waals surface area contributed by atoms with Gasteiger partial charge in [-0.3, -0.25) is 0 Å². The van der Waals surface area contributed by atoms with Crippen LogP contribution in [0.2, 0.25) is 5.15 Å². The van der Waals surface area contributed by atoms with Gasteiger partial charge in [-0.05, 0) is 0 Å². The van der Waals surface area contributed by atoms with Crippen molar-refractivity contribution in [3.8, 4) is 11.9 Å². The number of ether oxygens (including phenoxy) is 2. The van der Waals surface area contributed by atoms with Crippen LogP contribution in [0.1, 0.15) is 0 Å². The van der Waals surface area contributed by atoms with Crippen LogP contribution in [-0.2, 0) is 0 Å². The number of hydrogen-bond donors (Lipinski definition) is 0. The lowest BCUT2D eigenvalue weighted by Crippen LogP contribution is -1.94. The molecule has 1 heterocycles. The van der Waals surface area contributed by atoms with Crippen LogP contribution in [0.25, 0.3) is 0 Å². The molecule has 0 saturated carbocycles. The molecule has 0 N–H and O–H groups in total. The van der Waals surface area contributed by atoms with Gasteiger partial charge in [0.15, 0.2) is 0 Å². The first kappa shape index (κ1) is 8.07. The summed E-state index contributed by atoms with van der Waals surface area (Å²) in [6.07, 6.45) is 0. The van der Waals surface area contributed by atoms with Crippen molar-refractivity contribution in [2.24, 2.45) is 0 Å². The highest BCUT2D eigenvalue weighted by atomic mass is 35.5. The van der Waals surface area contributed by atoms with Gasteiger partial charge in [-0.1, -0.05) is 11.6 Å². The van der Waals surface area contributed by atoms with Gasteiger partial charge in [0, 0.05) is 6.07 Å². The molecule has 0 bridgehead atoms. The number of rotatable bonds is 2. The van der Waals surface area contributed by atoms with Gasteiger partial charge in [-0.25, -0.2) is 0 Å². The monoisotopic (exact) mass is 174 g/mol. The van der Waals surface area contributed by atoms with Crippen molar-refractivity contribution in [2.75, 3.05) is 14.2 Å². The molecule has 0 aliphatic carbocycles. The molecule has 0 spiro atoms. The molecule has 11 heavy (non-hydrogen) atoms. The zero-order valence-corrected chi connectivity index (χ0v) is 6.92. The molecule has 0 saturated heterocycles. The van der Waals surface area contributed by atoms with E-state index >= 15 is 0 Å². The molecule has 1 aromatic rings. The molecule has 0 aliphatic heterocycles. The topological polar surface area (TPSA) is 44.2 Å². The Morgan fingerprint density at radius 3 is 2.55 bits per heavy atom. The quantitative estimate of drug-likeness (QED) is 0.631. The molecule has 0 aliphatic rings. The second kappa shape index (κ2) is 3.39. The van der Waals surface area contributed by atoms with Gasteiger partial charge in [-0.2, -0.15) is 9.97 Å². The van der Waals surface area contributed by atoms with Gasteiger partial charge in [0.2, 0.25) is 5.88 Å². The summed E-state index contributed by atoms with van der Waals surface area (Å²) >= 11 is 5.60. The van der Waals surface area contributed by atoms with E-state index in [-0.39, 0.29) is 6.01 Å². The summed E-state index contributed by atoms with van der Waals surface area (Å²) in [4.78, 5) is 7.58. The lowest BCUT2D eigenvalue weighted by molar-refractivity contribution is 0.352. The summed E-state index contributed by atoms with van der Waals surface area (Å²) in [5.41, 5.74) is 0. The Morgan fingerprint density at radius 2 is 2.00 bits per heavy atom. The van der Waals surface area contributed by atoms with E-state index in [4.69, 9.17) is 21.1 Å². The molecule has 0 aromatic carbocycles. The van der Waals surface area contributed by atoms with Crippen molar-refractivity contribution >= 4 is 11.6 Å². The molecule has 4 nitrogen and oxygen atoms in total. The minimum atomic E-state index is 0.203. The van der Waals surface area contributed by atoms with Crippen molar-refractivity contribution in [2.45, 2.75) is 0 Å². The van der Waals surface area contributed by atoms with Gasteiger partial charge >= 0.3 is 6.01 Å². The molecule has 0 fully saturated rings. The molecule has 0 radical (unpaired) electrons. The van der Waals surface area contributed by atoms with Crippen molar-refractivity contribution in [1.29, 1.82) is 0 Å². The van der Waals surface area contributed by atoms with Gasteiger partial charge in [0.1, 0.15) is 5.15 Å². The first-order valence-electron chi connectivity index (χ1n) is 2.89. The molecule has 5 heteroatoms. The fourth-order valence-electron chi connectivity index (χ4n) is 0.573. The van der Waals surface area contributed by atoms with Crippen LogP contribution in [0.4, 0.5) is 0 Å². The van der Waals surface area contributed by atoms with Crippen LogP contribution in [0.3, 0.4) is 0 Å². The van der Waals surface area contributed by atoms with Crippen molar-refractivity contribution in [1.82, 2.24) is 9.97 Å². The van der Waals surface area contributed by atoms with E-state index < -0.39 is 0 Å². The third kappa shape index (κ3) is 1.94. The Labute approximate surface area is 69.1 Å². The molecule has 0 atom stereocenters. The molecule has 0 unspecified atom stereocenters. The predicted molar refractivity (Wildman–Crippen MR) is 40.1 cm³/mol. The number of halogens is 1. The third-order valence-electron chi connectivity index (χ3n) is 1.04. The Bertz CT molecular complexity index is 232. The summed E-state index contributed by atoms with van der Waals surface area (Å²) < 4.78 is 9.57. The van der Waals surface area contributed by atoms with Crippen LogP contribution in [0.5, 0.6) is 11.9 Å². The highest BCUT2D eigenvalue weighted by molar-refractivity contribution is 6.29. The smallest absolute Gasteiger partial charge is 0.320 e. The van der Waals surface area contributed by atoms with E-state index in [1.807, 2.05) is 0 Å². The summed E-state index contributed by atoms with van der Waals surface area (Å²) in [5, 5.41) is 0.300. The number of hydrogen-bond acceptors (Lipinski definition) is 4. The largest absolute Gasteiger partial charge is 0.481 e. The van der Waals surface area contributed by atoms with Crippen molar-refractivity contribution in [3.05, 3.63) is 11.2 Å². The van der Waals surface area contributed by atoms with E-state index in [0.717, 1.165) is 0 Å². The number of methoxy groups -OCH3 is 2. The maximum Gasteiger partial charge on any atom is 0.320 e.